The average molecular weight is 360 g/mol. The molecule has 1 unspecified atom stereocenters. The van der Waals surface area contributed by atoms with Gasteiger partial charge in [-0.15, -0.1) is 0 Å². The first-order chi connectivity index (χ1) is 12.6. The Morgan fingerprint density at radius 2 is 1.81 bits per heavy atom. The predicted octanol–water partition coefficient (Wildman–Crippen LogP) is 3.06. The third-order valence-corrected chi connectivity index (χ3v) is 4.45. The lowest BCUT2D eigenvalue weighted by molar-refractivity contribution is -0.121. The standard InChI is InChI=1S/C20H28N2O4/c1-3-5-6-7-8-13-21-17-14-18(23)22(19(17)24)16-11-9-15(10-12-16)20(25)26-4-2/h9-12,17,21H,3-8,13-14H2,1-2H3. The quantitative estimate of drug-likeness (QED) is 0.394. The van der Waals surface area contributed by atoms with E-state index in [4.69, 9.17) is 4.74 Å². The molecule has 1 atom stereocenters. The maximum absolute atomic E-state index is 12.6. The van der Waals surface area contributed by atoms with Crippen LogP contribution in [0.2, 0.25) is 0 Å². The van der Waals surface area contributed by atoms with Crippen LogP contribution in [0.4, 0.5) is 5.69 Å². The van der Waals surface area contributed by atoms with Gasteiger partial charge in [0.25, 0.3) is 5.91 Å². The van der Waals surface area contributed by atoms with E-state index in [1.165, 1.54) is 24.2 Å². The van der Waals surface area contributed by atoms with Crippen molar-refractivity contribution in [3.05, 3.63) is 29.8 Å². The van der Waals surface area contributed by atoms with Gasteiger partial charge in [-0.2, -0.15) is 0 Å². The molecule has 2 amide bonds. The number of rotatable bonds is 10. The lowest BCUT2D eigenvalue weighted by Gasteiger charge is -2.16. The Labute approximate surface area is 154 Å². The van der Waals surface area contributed by atoms with E-state index < -0.39 is 12.0 Å². The highest BCUT2D eigenvalue weighted by Crippen LogP contribution is 2.23. The number of ether oxygens (including phenoxy) is 1. The van der Waals surface area contributed by atoms with Gasteiger partial charge in [0.15, 0.2) is 0 Å². The first-order valence-corrected chi connectivity index (χ1v) is 9.45. The topological polar surface area (TPSA) is 75.7 Å². The van der Waals surface area contributed by atoms with Gasteiger partial charge < -0.3 is 10.1 Å². The molecule has 6 heteroatoms. The van der Waals surface area contributed by atoms with Crippen molar-refractivity contribution in [3.8, 4) is 0 Å². The van der Waals surface area contributed by atoms with E-state index in [-0.39, 0.29) is 18.2 Å². The van der Waals surface area contributed by atoms with Crippen LogP contribution in [0, 0.1) is 0 Å². The number of nitrogens with one attached hydrogen (secondary N) is 1. The van der Waals surface area contributed by atoms with Gasteiger partial charge in [0.1, 0.15) is 0 Å². The summed E-state index contributed by atoms with van der Waals surface area (Å²) in [6.45, 7) is 4.96. The van der Waals surface area contributed by atoms with Crippen LogP contribution in [0.15, 0.2) is 24.3 Å². The summed E-state index contributed by atoms with van der Waals surface area (Å²) in [5, 5.41) is 3.20. The van der Waals surface area contributed by atoms with Crippen molar-refractivity contribution in [2.24, 2.45) is 0 Å². The summed E-state index contributed by atoms with van der Waals surface area (Å²) >= 11 is 0. The molecule has 1 fully saturated rings. The number of anilines is 1. The maximum atomic E-state index is 12.6. The van der Waals surface area contributed by atoms with E-state index in [1.807, 2.05) is 0 Å². The Kier molecular flexibility index (Phi) is 7.78. The molecule has 0 radical (unpaired) electrons. The molecule has 1 saturated heterocycles. The van der Waals surface area contributed by atoms with E-state index in [9.17, 15) is 14.4 Å². The fraction of sp³-hybridized carbons (Fsp3) is 0.550. The van der Waals surface area contributed by atoms with E-state index in [0.717, 1.165) is 19.4 Å². The number of hydrogen-bond donors (Lipinski definition) is 1. The van der Waals surface area contributed by atoms with Crippen molar-refractivity contribution in [1.82, 2.24) is 5.32 Å². The fourth-order valence-corrected chi connectivity index (χ4v) is 3.03. The number of carbonyl (C=O) groups excluding carboxylic acids is 3. The highest BCUT2D eigenvalue weighted by Gasteiger charge is 2.39. The molecule has 1 N–H and O–H groups in total. The van der Waals surface area contributed by atoms with Crippen LogP contribution in [0.25, 0.3) is 0 Å². The summed E-state index contributed by atoms with van der Waals surface area (Å²) in [6, 6.07) is 5.90. The molecule has 0 aliphatic carbocycles. The van der Waals surface area contributed by atoms with Crippen LogP contribution in [0.5, 0.6) is 0 Å². The molecule has 6 nitrogen and oxygen atoms in total. The molecule has 1 aromatic rings. The third kappa shape index (κ3) is 5.14. The zero-order valence-corrected chi connectivity index (χ0v) is 15.6. The van der Waals surface area contributed by atoms with Crippen molar-refractivity contribution < 1.29 is 19.1 Å². The summed E-state index contributed by atoms with van der Waals surface area (Å²) in [5.74, 6) is -0.865. The van der Waals surface area contributed by atoms with Gasteiger partial charge >= 0.3 is 5.97 Å². The van der Waals surface area contributed by atoms with Crippen molar-refractivity contribution in [3.63, 3.8) is 0 Å². The van der Waals surface area contributed by atoms with Gasteiger partial charge in [-0.1, -0.05) is 32.6 Å². The minimum atomic E-state index is -0.460. The molecule has 0 bridgehead atoms. The number of esters is 1. The zero-order valence-electron chi connectivity index (χ0n) is 15.6. The molecular weight excluding hydrogens is 332 g/mol. The number of benzene rings is 1. The monoisotopic (exact) mass is 360 g/mol. The largest absolute Gasteiger partial charge is 0.462 e. The molecule has 0 spiro atoms. The first-order valence-electron chi connectivity index (χ1n) is 9.45. The Morgan fingerprint density at radius 3 is 2.46 bits per heavy atom. The highest BCUT2D eigenvalue weighted by atomic mass is 16.5. The number of unbranched alkanes of at least 4 members (excludes halogenated alkanes) is 4. The van der Waals surface area contributed by atoms with Gasteiger partial charge in [-0.05, 0) is 44.2 Å². The van der Waals surface area contributed by atoms with Crippen LogP contribution in [-0.4, -0.2) is 37.0 Å². The lowest BCUT2D eigenvalue weighted by atomic mass is 10.1. The fourth-order valence-electron chi connectivity index (χ4n) is 3.03. The lowest BCUT2D eigenvalue weighted by Crippen LogP contribution is -2.39. The molecule has 1 heterocycles. The SMILES string of the molecule is CCCCCCCNC1CC(=O)N(c2ccc(C(=O)OCC)cc2)C1=O. The summed E-state index contributed by atoms with van der Waals surface area (Å²) in [5.41, 5.74) is 0.886. The van der Waals surface area contributed by atoms with Crippen LogP contribution < -0.4 is 10.2 Å². The Hall–Kier alpha value is -2.21. The Bertz CT molecular complexity index is 627. The van der Waals surface area contributed by atoms with Crippen LogP contribution in [-0.2, 0) is 14.3 Å². The normalized spacial score (nSPS) is 17.0. The van der Waals surface area contributed by atoms with E-state index >= 15 is 0 Å². The average Bonchev–Trinajstić information content (AvgIpc) is 2.92. The van der Waals surface area contributed by atoms with Gasteiger partial charge in [-0.3, -0.25) is 9.59 Å². The molecule has 0 aromatic heterocycles. The number of carbonyl (C=O) groups is 3. The molecule has 1 aliphatic heterocycles. The van der Waals surface area contributed by atoms with Crippen LogP contribution in [0.1, 0.15) is 62.7 Å². The smallest absolute Gasteiger partial charge is 0.338 e. The van der Waals surface area contributed by atoms with Crippen molar-refractivity contribution in [1.29, 1.82) is 0 Å². The maximum Gasteiger partial charge on any atom is 0.338 e. The molecule has 0 saturated carbocycles. The summed E-state index contributed by atoms with van der Waals surface area (Å²) < 4.78 is 4.94. The van der Waals surface area contributed by atoms with Gasteiger partial charge in [0.05, 0.1) is 30.3 Å². The van der Waals surface area contributed by atoms with E-state index in [1.54, 1.807) is 31.2 Å². The van der Waals surface area contributed by atoms with Crippen LogP contribution >= 0.6 is 0 Å². The summed E-state index contributed by atoms with van der Waals surface area (Å²) in [6.07, 6.45) is 5.95. The summed E-state index contributed by atoms with van der Waals surface area (Å²) in [4.78, 5) is 37.7. The summed E-state index contributed by atoms with van der Waals surface area (Å²) in [7, 11) is 0. The molecule has 26 heavy (non-hydrogen) atoms. The molecular formula is C20H28N2O4. The third-order valence-electron chi connectivity index (χ3n) is 4.45. The highest BCUT2D eigenvalue weighted by molar-refractivity contribution is 6.22. The Balaban J connectivity index is 1.90. The first kappa shape index (κ1) is 20.1. The van der Waals surface area contributed by atoms with Crippen LogP contribution in [0.3, 0.4) is 0 Å². The minimum Gasteiger partial charge on any atom is -0.462 e. The second-order valence-electron chi connectivity index (χ2n) is 6.46. The van der Waals surface area contributed by atoms with Gasteiger partial charge in [-0.25, -0.2) is 9.69 Å². The predicted molar refractivity (Wildman–Crippen MR) is 100 cm³/mol. The van der Waals surface area contributed by atoms with E-state index in [0.29, 0.717) is 17.9 Å². The Morgan fingerprint density at radius 1 is 1.12 bits per heavy atom. The second kappa shape index (κ2) is 10.1. The number of hydrogen-bond acceptors (Lipinski definition) is 5. The van der Waals surface area contributed by atoms with Gasteiger partial charge in [0.2, 0.25) is 5.91 Å². The second-order valence-corrected chi connectivity index (χ2v) is 6.46. The number of amides is 2. The zero-order chi connectivity index (χ0) is 18.9. The minimum absolute atomic E-state index is 0.174. The van der Waals surface area contributed by atoms with Crippen molar-refractivity contribution in [2.45, 2.75) is 58.4 Å². The van der Waals surface area contributed by atoms with E-state index in [2.05, 4.69) is 12.2 Å². The molecule has 142 valence electrons. The van der Waals surface area contributed by atoms with Gasteiger partial charge in [0, 0.05) is 0 Å². The molecule has 1 aliphatic rings. The van der Waals surface area contributed by atoms with Crippen molar-refractivity contribution >= 4 is 23.5 Å². The molecule has 1 aromatic carbocycles. The number of imide groups is 1. The number of nitrogens with zero attached hydrogens (tertiary/aromatic N) is 1. The van der Waals surface area contributed by atoms with Crippen molar-refractivity contribution in [2.75, 3.05) is 18.1 Å². The molecule has 2 rings (SSSR count).